The van der Waals surface area contributed by atoms with Crippen LogP contribution in [0.1, 0.15) is 19.8 Å². The normalized spacial score (nSPS) is 19.4. The van der Waals surface area contributed by atoms with E-state index in [1.54, 1.807) is 4.90 Å². The number of aromatic nitrogens is 2. The Morgan fingerprint density at radius 2 is 2.21 bits per heavy atom. The van der Waals surface area contributed by atoms with Crippen molar-refractivity contribution in [2.45, 2.75) is 25.8 Å². The van der Waals surface area contributed by atoms with Crippen LogP contribution in [0.3, 0.4) is 0 Å². The fourth-order valence-electron chi connectivity index (χ4n) is 2.08. The molecule has 1 aliphatic rings. The highest BCUT2D eigenvalue weighted by molar-refractivity contribution is 9.10. The maximum absolute atomic E-state index is 11.5. The molecule has 1 aromatic rings. The van der Waals surface area contributed by atoms with E-state index < -0.39 is 0 Å². The predicted octanol–water partition coefficient (Wildman–Crippen LogP) is 1.70. The van der Waals surface area contributed by atoms with Crippen molar-refractivity contribution in [3.05, 3.63) is 10.8 Å². The topological polar surface area (TPSA) is 70.1 Å². The predicted molar refractivity (Wildman–Crippen MR) is 78.2 cm³/mol. The van der Waals surface area contributed by atoms with Crippen molar-refractivity contribution in [1.29, 1.82) is 0 Å². The molecule has 0 radical (unpaired) electrons. The lowest BCUT2D eigenvalue weighted by atomic mass is 10.1. The van der Waals surface area contributed by atoms with E-state index in [2.05, 4.69) is 36.5 Å². The lowest BCUT2D eigenvalue weighted by molar-refractivity contribution is -0.132. The highest BCUT2D eigenvalue weighted by Gasteiger charge is 2.23. The Morgan fingerprint density at radius 3 is 2.89 bits per heavy atom. The summed E-state index contributed by atoms with van der Waals surface area (Å²) in [6.45, 7) is 3.52. The minimum atomic E-state index is 0.202. The molecule has 2 rings (SSSR count). The van der Waals surface area contributed by atoms with E-state index in [9.17, 15) is 4.79 Å². The standard InChI is InChI=1S/C12H18BrN5O/c1-3-14-11-10(13)12(16-7-15-11)17-8-4-5-9(19)18(2)6-8/h7-8H,3-6H2,1-2H3,(H2,14,15,16,17). The van der Waals surface area contributed by atoms with Crippen LogP contribution in [0.25, 0.3) is 0 Å². The number of likely N-dealkylation sites (tertiary alicyclic amines) is 1. The van der Waals surface area contributed by atoms with Gasteiger partial charge < -0.3 is 15.5 Å². The Kier molecular flexibility index (Phi) is 4.57. The quantitative estimate of drug-likeness (QED) is 0.880. The third-order valence-electron chi connectivity index (χ3n) is 3.10. The Labute approximate surface area is 121 Å². The van der Waals surface area contributed by atoms with Gasteiger partial charge in [0.2, 0.25) is 5.91 Å². The number of amides is 1. The highest BCUT2D eigenvalue weighted by atomic mass is 79.9. The second-order valence-corrected chi connectivity index (χ2v) is 5.36. The lowest BCUT2D eigenvalue weighted by Crippen LogP contribution is -2.43. The summed E-state index contributed by atoms with van der Waals surface area (Å²) in [5, 5.41) is 6.53. The number of carbonyl (C=O) groups is 1. The van der Waals surface area contributed by atoms with Gasteiger partial charge in [0, 0.05) is 32.6 Å². The van der Waals surface area contributed by atoms with Gasteiger partial charge in [-0.25, -0.2) is 9.97 Å². The van der Waals surface area contributed by atoms with E-state index >= 15 is 0 Å². The molecule has 2 heterocycles. The smallest absolute Gasteiger partial charge is 0.222 e. The van der Waals surface area contributed by atoms with Crippen LogP contribution in [-0.4, -0.2) is 47.0 Å². The molecule has 0 aromatic carbocycles. The van der Waals surface area contributed by atoms with Crippen molar-refractivity contribution >= 4 is 33.5 Å². The zero-order valence-corrected chi connectivity index (χ0v) is 12.7. The molecule has 0 aliphatic carbocycles. The number of anilines is 2. The Hall–Kier alpha value is -1.37. The number of hydrogen-bond acceptors (Lipinski definition) is 5. The van der Waals surface area contributed by atoms with Crippen molar-refractivity contribution in [3.8, 4) is 0 Å². The molecular formula is C12H18BrN5O. The molecule has 1 amide bonds. The van der Waals surface area contributed by atoms with Gasteiger partial charge in [0.1, 0.15) is 22.4 Å². The van der Waals surface area contributed by atoms with E-state index in [0.29, 0.717) is 13.0 Å². The van der Waals surface area contributed by atoms with E-state index in [-0.39, 0.29) is 11.9 Å². The number of halogens is 1. The van der Waals surface area contributed by atoms with Crippen LogP contribution < -0.4 is 10.6 Å². The highest BCUT2D eigenvalue weighted by Crippen LogP contribution is 2.27. The zero-order chi connectivity index (χ0) is 13.8. The van der Waals surface area contributed by atoms with Crippen LogP contribution in [0.5, 0.6) is 0 Å². The first-order valence-corrected chi connectivity index (χ1v) is 7.16. The zero-order valence-electron chi connectivity index (χ0n) is 11.1. The largest absolute Gasteiger partial charge is 0.369 e. The number of rotatable bonds is 4. The summed E-state index contributed by atoms with van der Waals surface area (Å²) >= 11 is 3.51. The van der Waals surface area contributed by atoms with Gasteiger partial charge >= 0.3 is 0 Å². The first kappa shape index (κ1) is 14.0. The minimum absolute atomic E-state index is 0.202. The molecule has 1 aliphatic heterocycles. The monoisotopic (exact) mass is 327 g/mol. The van der Waals surface area contributed by atoms with E-state index in [1.807, 2.05) is 14.0 Å². The molecule has 2 N–H and O–H groups in total. The fourth-order valence-corrected chi connectivity index (χ4v) is 2.54. The molecule has 7 heteroatoms. The van der Waals surface area contributed by atoms with Crippen molar-refractivity contribution in [3.63, 3.8) is 0 Å². The van der Waals surface area contributed by atoms with Gasteiger partial charge in [-0.3, -0.25) is 4.79 Å². The van der Waals surface area contributed by atoms with Crippen molar-refractivity contribution in [2.24, 2.45) is 0 Å². The SMILES string of the molecule is CCNc1ncnc(NC2CCC(=O)N(C)C2)c1Br. The van der Waals surface area contributed by atoms with Gasteiger partial charge in [0.05, 0.1) is 0 Å². The van der Waals surface area contributed by atoms with Crippen molar-refractivity contribution in [1.82, 2.24) is 14.9 Å². The molecule has 104 valence electrons. The van der Waals surface area contributed by atoms with Gasteiger partial charge in [0.25, 0.3) is 0 Å². The molecule has 6 nitrogen and oxygen atoms in total. The molecule has 1 unspecified atom stereocenters. The van der Waals surface area contributed by atoms with Crippen LogP contribution in [0.2, 0.25) is 0 Å². The molecule has 1 saturated heterocycles. The first-order chi connectivity index (χ1) is 9.11. The molecule has 0 saturated carbocycles. The summed E-state index contributed by atoms with van der Waals surface area (Å²) < 4.78 is 0.830. The van der Waals surface area contributed by atoms with Gasteiger partial charge in [-0.1, -0.05) is 0 Å². The fraction of sp³-hybridized carbons (Fsp3) is 0.583. The van der Waals surface area contributed by atoms with Crippen LogP contribution in [0, 0.1) is 0 Å². The van der Waals surface area contributed by atoms with Crippen molar-refractivity contribution < 1.29 is 4.79 Å². The summed E-state index contributed by atoms with van der Waals surface area (Å²) in [5.74, 6) is 1.74. The van der Waals surface area contributed by atoms with Crippen LogP contribution >= 0.6 is 15.9 Å². The molecule has 19 heavy (non-hydrogen) atoms. The van der Waals surface area contributed by atoms with Gasteiger partial charge in [-0.2, -0.15) is 0 Å². The number of piperidine rings is 1. The number of nitrogens with zero attached hydrogens (tertiary/aromatic N) is 3. The molecule has 1 fully saturated rings. The van der Waals surface area contributed by atoms with Crippen LogP contribution in [0.15, 0.2) is 10.8 Å². The second kappa shape index (κ2) is 6.18. The average molecular weight is 328 g/mol. The summed E-state index contributed by atoms with van der Waals surface area (Å²) in [6.07, 6.45) is 2.94. The Morgan fingerprint density at radius 1 is 1.47 bits per heavy atom. The molecule has 0 spiro atoms. The number of likely N-dealkylation sites (N-methyl/N-ethyl adjacent to an activating group) is 1. The molecule has 0 bridgehead atoms. The van der Waals surface area contributed by atoms with Gasteiger partial charge in [-0.15, -0.1) is 0 Å². The Bertz CT molecular complexity index is 467. The first-order valence-electron chi connectivity index (χ1n) is 6.36. The third kappa shape index (κ3) is 3.34. The molecule has 1 atom stereocenters. The maximum Gasteiger partial charge on any atom is 0.222 e. The third-order valence-corrected chi connectivity index (χ3v) is 3.85. The van der Waals surface area contributed by atoms with Crippen LogP contribution in [-0.2, 0) is 4.79 Å². The number of carbonyl (C=O) groups excluding carboxylic acids is 1. The Balaban J connectivity index is 2.07. The van der Waals surface area contributed by atoms with Crippen LogP contribution in [0.4, 0.5) is 11.6 Å². The van der Waals surface area contributed by atoms with Gasteiger partial charge in [0.15, 0.2) is 0 Å². The number of hydrogen-bond donors (Lipinski definition) is 2. The summed E-state index contributed by atoms with van der Waals surface area (Å²) in [7, 11) is 1.83. The van der Waals surface area contributed by atoms with Gasteiger partial charge in [-0.05, 0) is 29.3 Å². The van der Waals surface area contributed by atoms with Crippen molar-refractivity contribution in [2.75, 3.05) is 30.8 Å². The van der Waals surface area contributed by atoms with E-state index in [4.69, 9.17) is 0 Å². The lowest BCUT2D eigenvalue weighted by Gasteiger charge is -2.30. The summed E-state index contributed by atoms with van der Waals surface area (Å²) in [4.78, 5) is 21.6. The molecular weight excluding hydrogens is 310 g/mol. The summed E-state index contributed by atoms with van der Waals surface area (Å²) in [6, 6.07) is 0.225. The molecule has 1 aromatic heterocycles. The average Bonchev–Trinajstić information content (AvgIpc) is 2.39. The maximum atomic E-state index is 11.5. The van der Waals surface area contributed by atoms with E-state index in [1.165, 1.54) is 6.33 Å². The minimum Gasteiger partial charge on any atom is -0.369 e. The number of nitrogens with one attached hydrogen (secondary N) is 2. The van der Waals surface area contributed by atoms with E-state index in [0.717, 1.165) is 29.1 Å². The summed E-state index contributed by atoms with van der Waals surface area (Å²) in [5.41, 5.74) is 0. The second-order valence-electron chi connectivity index (χ2n) is 4.57.